The number of nitrogens with zero attached hydrogens (tertiary/aromatic N) is 1. The lowest BCUT2D eigenvalue weighted by molar-refractivity contribution is -0.136. The monoisotopic (exact) mass is 292 g/mol. The van der Waals surface area contributed by atoms with E-state index in [4.69, 9.17) is 5.11 Å². The zero-order valence-electron chi connectivity index (χ0n) is 13.3. The van der Waals surface area contributed by atoms with Crippen LogP contribution >= 0.6 is 0 Å². The van der Waals surface area contributed by atoms with Crippen molar-refractivity contribution in [2.45, 2.75) is 40.2 Å². The van der Waals surface area contributed by atoms with E-state index in [1.54, 1.807) is 36.2 Å². The van der Waals surface area contributed by atoms with Gasteiger partial charge >= 0.3 is 12.0 Å². The van der Waals surface area contributed by atoms with Crippen LogP contribution in [0, 0.1) is 5.41 Å². The average Bonchev–Trinajstić information content (AvgIpc) is 2.35. The molecule has 116 valence electrons. The van der Waals surface area contributed by atoms with Crippen LogP contribution in [0.2, 0.25) is 0 Å². The van der Waals surface area contributed by atoms with Crippen LogP contribution in [0.25, 0.3) is 0 Å². The van der Waals surface area contributed by atoms with Gasteiger partial charge in [-0.05, 0) is 30.0 Å². The minimum atomic E-state index is -0.892. The number of carboxylic acids is 1. The maximum Gasteiger partial charge on any atom is 0.321 e. The van der Waals surface area contributed by atoms with Crippen molar-refractivity contribution in [3.05, 3.63) is 29.8 Å². The highest BCUT2D eigenvalue weighted by molar-refractivity contribution is 5.89. The number of urea groups is 1. The number of amides is 2. The lowest BCUT2D eigenvalue weighted by Gasteiger charge is -2.35. The molecule has 1 unspecified atom stereocenters. The van der Waals surface area contributed by atoms with Gasteiger partial charge in [-0.2, -0.15) is 0 Å². The van der Waals surface area contributed by atoms with E-state index < -0.39 is 5.97 Å². The van der Waals surface area contributed by atoms with Crippen molar-refractivity contribution in [2.75, 3.05) is 12.4 Å². The number of carbonyl (C=O) groups is 2. The number of rotatable bonds is 4. The number of carboxylic acid groups (broad SMARTS) is 1. The third-order valence-electron chi connectivity index (χ3n) is 3.69. The maximum atomic E-state index is 12.2. The van der Waals surface area contributed by atoms with Crippen LogP contribution in [0.4, 0.5) is 10.5 Å². The van der Waals surface area contributed by atoms with Crippen molar-refractivity contribution in [1.29, 1.82) is 0 Å². The fraction of sp³-hybridized carbons (Fsp3) is 0.500. The fourth-order valence-corrected chi connectivity index (χ4v) is 1.90. The van der Waals surface area contributed by atoms with E-state index in [1.807, 2.05) is 6.92 Å². The van der Waals surface area contributed by atoms with E-state index in [1.165, 1.54) is 0 Å². The summed E-state index contributed by atoms with van der Waals surface area (Å²) in [6.45, 7) is 8.24. The van der Waals surface area contributed by atoms with Crippen molar-refractivity contribution in [1.82, 2.24) is 4.90 Å². The molecule has 0 radical (unpaired) electrons. The molecule has 0 fully saturated rings. The molecule has 1 aromatic rings. The number of anilines is 1. The summed E-state index contributed by atoms with van der Waals surface area (Å²) in [7, 11) is 1.76. The molecule has 2 amide bonds. The lowest BCUT2D eigenvalue weighted by Crippen LogP contribution is -2.44. The normalized spacial score (nSPS) is 12.6. The van der Waals surface area contributed by atoms with Gasteiger partial charge in [-0.3, -0.25) is 4.79 Å². The second kappa shape index (κ2) is 6.61. The molecule has 0 saturated carbocycles. The lowest BCUT2D eigenvalue weighted by atomic mass is 9.87. The van der Waals surface area contributed by atoms with Crippen molar-refractivity contribution in [3.8, 4) is 0 Å². The first-order valence-electron chi connectivity index (χ1n) is 6.96. The Hall–Kier alpha value is -2.04. The molecule has 0 aliphatic rings. The average molecular weight is 292 g/mol. The molecule has 21 heavy (non-hydrogen) atoms. The second-order valence-corrected chi connectivity index (χ2v) is 6.35. The molecule has 0 spiro atoms. The Morgan fingerprint density at radius 3 is 2.48 bits per heavy atom. The van der Waals surface area contributed by atoms with Crippen LogP contribution in [0.5, 0.6) is 0 Å². The molecule has 0 heterocycles. The Morgan fingerprint density at radius 1 is 1.33 bits per heavy atom. The summed E-state index contributed by atoms with van der Waals surface area (Å²) in [6, 6.07) is 6.76. The molecule has 0 aromatic heterocycles. The van der Waals surface area contributed by atoms with Gasteiger partial charge in [0.2, 0.25) is 0 Å². The highest BCUT2D eigenvalue weighted by Gasteiger charge is 2.26. The molecule has 1 aromatic carbocycles. The van der Waals surface area contributed by atoms with Gasteiger partial charge in [-0.25, -0.2) is 4.79 Å². The van der Waals surface area contributed by atoms with Gasteiger partial charge < -0.3 is 15.3 Å². The summed E-state index contributed by atoms with van der Waals surface area (Å²) in [5.74, 6) is -0.892. The van der Waals surface area contributed by atoms with Gasteiger partial charge in [0.1, 0.15) is 0 Å². The molecule has 2 N–H and O–H groups in total. The maximum absolute atomic E-state index is 12.2. The number of benzene rings is 1. The smallest absolute Gasteiger partial charge is 0.321 e. The number of nitrogens with one attached hydrogen (secondary N) is 1. The van der Waals surface area contributed by atoms with Crippen molar-refractivity contribution in [3.63, 3.8) is 0 Å². The first-order valence-corrected chi connectivity index (χ1v) is 6.96. The van der Waals surface area contributed by atoms with Crippen LogP contribution in [0.1, 0.15) is 33.3 Å². The molecule has 1 atom stereocenters. The zero-order valence-corrected chi connectivity index (χ0v) is 13.3. The van der Waals surface area contributed by atoms with Gasteiger partial charge in [0.15, 0.2) is 0 Å². The van der Waals surface area contributed by atoms with E-state index in [0.717, 1.165) is 0 Å². The van der Waals surface area contributed by atoms with E-state index in [2.05, 4.69) is 26.1 Å². The van der Waals surface area contributed by atoms with E-state index >= 15 is 0 Å². The number of aliphatic carboxylic acids is 1. The summed E-state index contributed by atoms with van der Waals surface area (Å²) in [6.07, 6.45) is -0.0576. The molecule has 0 aliphatic heterocycles. The minimum Gasteiger partial charge on any atom is -0.481 e. The predicted molar refractivity (Wildman–Crippen MR) is 83.5 cm³/mol. The van der Waals surface area contributed by atoms with Gasteiger partial charge in [0.25, 0.3) is 0 Å². The van der Waals surface area contributed by atoms with Gasteiger partial charge in [-0.1, -0.05) is 32.9 Å². The number of hydrogen-bond acceptors (Lipinski definition) is 2. The Kier molecular flexibility index (Phi) is 5.35. The van der Waals surface area contributed by atoms with Crippen molar-refractivity contribution >= 4 is 17.7 Å². The van der Waals surface area contributed by atoms with Gasteiger partial charge in [0, 0.05) is 18.8 Å². The predicted octanol–water partition coefficient (Wildman–Crippen LogP) is 3.21. The standard InChI is InChI=1S/C16H24N2O3/c1-11(16(2,3)4)18(5)15(21)17-13-8-6-7-12(9-13)10-14(19)20/h6-9,11H,10H2,1-5H3,(H,17,21)(H,19,20). The Labute approximate surface area is 126 Å². The quantitative estimate of drug-likeness (QED) is 0.895. The summed E-state index contributed by atoms with van der Waals surface area (Å²) in [5, 5.41) is 11.6. The summed E-state index contributed by atoms with van der Waals surface area (Å²) in [4.78, 5) is 24.6. The SMILES string of the molecule is CC(N(C)C(=O)Nc1cccc(CC(=O)O)c1)C(C)(C)C. The largest absolute Gasteiger partial charge is 0.481 e. The molecule has 0 bridgehead atoms. The minimum absolute atomic E-state index is 0.0166. The van der Waals surface area contributed by atoms with Gasteiger partial charge in [-0.15, -0.1) is 0 Å². The van der Waals surface area contributed by atoms with Crippen LogP contribution in [0.3, 0.4) is 0 Å². The van der Waals surface area contributed by atoms with E-state index in [0.29, 0.717) is 11.3 Å². The number of hydrogen-bond donors (Lipinski definition) is 2. The Morgan fingerprint density at radius 2 is 1.95 bits per heavy atom. The first-order chi connectivity index (χ1) is 9.61. The van der Waals surface area contributed by atoms with Crippen LogP contribution in [-0.2, 0) is 11.2 Å². The molecule has 1 rings (SSSR count). The Balaban J connectivity index is 2.77. The van der Waals surface area contributed by atoms with Crippen LogP contribution < -0.4 is 5.32 Å². The second-order valence-electron chi connectivity index (χ2n) is 6.35. The highest BCUT2D eigenvalue weighted by atomic mass is 16.4. The van der Waals surface area contributed by atoms with Gasteiger partial charge in [0.05, 0.1) is 6.42 Å². The third-order valence-corrected chi connectivity index (χ3v) is 3.69. The zero-order chi connectivity index (χ0) is 16.2. The van der Waals surface area contributed by atoms with Crippen LogP contribution in [-0.4, -0.2) is 35.1 Å². The van der Waals surface area contributed by atoms with Crippen LogP contribution in [0.15, 0.2) is 24.3 Å². The third kappa shape index (κ3) is 5.10. The van der Waals surface area contributed by atoms with E-state index in [-0.39, 0.29) is 23.9 Å². The summed E-state index contributed by atoms with van der Waals surface area (Å²) < 4.78 is 0. The molecule has 0 aliphatic carbocycles. The fourth-order valence-electron chi connectivity index (χ4n) is 1.90. The van der Waals surface area contributed by atoms with E-state index in [9.17, 15) is 9.59 Å². The van der Waals surface area contributed by atoms with Crippen molar-refractivity contribution in [2.24, 2.45) is 5.41 Å². The summed E-state index contributed by atoms with van der Waals surface area (Å²) in [5.41, 5.74) is 1.25. The molecule has 0 saturated heterocycles. The summed E-state index contributed by atoms with van der Waals surface area (Å²) >= 11 is 0. The first kappa shape index (κ1) is 17.0. The molecule has 5 heteroatoms. The molecule has 5 nitrogen and oxygen atoms in total. The molecular weight excluding hydrogens is 268 g/mol. The highest BCUT2D eigenvalue weighted by Crippen LogP contribution is 2.23. The van der Waals surface area contributed by atoms with Crippen molar-refractivity contribution < 1.29 is 14.7 Å². The topological polar surface area (TPSA) is 69.6 Å². The number of carbonyl (C=O) groups excluding carboxylic acids is 1. The Bertz CT molecular complexity index is 520. The molecular formula is C16H24N2O3.